The maximum Gasteiger partial charge on any atom is 0.237 e. The van der Waals surface area contributed by atoms with Gasteiger partial charge in [-0.05, 0) is 45.2 Å². The number of unbranched alkanes of at least 4 members (excludes halogenated alkanes) is 2. The number of nitrogens with one attached hydrogen (secondary N) is 1. The number of hydrogen-bond donors (Lipinski definition) is 4. The minimum absolute atomic E-state index is 0.267. The van der Waals surface area contributed by atoms with Gasteiger partial charge in [-0.3, -0.25) is 4.79 Å². The van der Waals surface area contributed by atoms with Gasteiger partial charge in [-0.25, -0.2) is 0 Å². The molecule has 106 valence electrons. The number of hydrogen-bond acceptors (Lipinski definition) is 5. The molecule has 0 spiro atoms. The Balaban J connectivity index is 3.89. The second-order valence-corrected chi connectivity index (χ2v) is 4.43. The number of amides is 1. The Hall–Kier alpha value is -0.980. The second-order valence-electron chi connectivity index (χ2n) is 4.43. The van der Waals surface area contributed by atoms with Gasteiger partial charge in [0, 0.05) is 0 Å². The molecule has 0 fully saturated rings. The normalized spacial score (nSPS) is 13.9. The Morgan fingerprint density at radius 1 is 1.06 bits per heavy atom. The minimum atomic E-state index is -0.562. The standard InChI is InChI=1S/C12H26N4O2/c13-7-3-1-5-10(9-17)16-12(18)11(15)6-2-4-8-14/h9-11H,1-8,13-15H2,(H,16,18)/t10-,11-/m0/s1. The predicted molar refractivity (Wildman–Crippen MR) is 71.8 cm³/mol. The molecule has 6 heteroatoms. The molecule has 6 nitrogen and oxygen atoms in total. The van der Waals surface area contributed by atoms with Crippen LogP contribution in [0.1, 0.15) is 38.5 Å². The van der Waals surface area contributed by atoms with Crippen molar-refractivity contribution < 1.29 is 9.59 Å². The molecule has 0 unspecified atom stereocenters. The molecule has 0 saturated carbocycles. The van der Waals surface area contributed by atoms with E-state index in [0.29, 0.717) is 25.9 Å². The number of rotatable bonds is 11. The average molecular weight is 258 g/mol. The van der Waals surface area contributed by atoms with Crippen molar-refractivity contribution in [2.45, 2.75) is 50.6 Å². The topological polar surface area (TPSA) is 124 Å². The van der Waals surface area contributed by atoms with Gasteiger partial charge in [0.05, 0.1) is 12.1 Å². The fraction of sp³-hybridized carbons (Fsp3) is 0.833. The summed E-state index contributed by atoms with van der Waals surface area (Å²) in [5, 5.41) is 2.65. The van der Waals surface area contributed by atoms with Crippen LogP contribution in [0.2, 0.25) is 0 Å². The van der Waals surface area contributed by atoms with Gasteiger partial charge in [-0.1, -0.05) is 6.42 Å². The molecule has 0 aromatic heterocycles. The van der Waals surface area contributed by atoms with Gasteiger partial charge < -0.3 is 27.3 Å². The van der Waals surface area contributed by atoms with E-state index in [1.165, 1.54) is 0 Å². The molecule has 0 heterocycles. The Labute approximate surface area is 109 Å². The van der Waals surface area contributed by atoms with E-state index in [1.54, 1.807) is 0 Å². The van der Waals surface area contributed by atoms with E-state index in [0.717, 1.165) is 32.0 Å². The van der Waals surface area contributed by atoms with E-state index in [4.69, 9.17) is 17.2 Å². The summed E-state index contributed by atoms with van der Waals surface area (Å²) in [6, 6.07) is -1.02. The first kappa shape index (κ1) is 17.0. The van der Waals surface area contributed by atoms with Crippen LogP contribution >= 0.6 is 0 Å². The first-order valence-electron chi connectivity index (χ1n) is 6.57. The predicted octanol–water partition coefficient (Wildman–Crippen LogP) is -0.745. The van der Waals surface area contributed by atoms with Gasteiger partial charge in [0.25, 0.3) is 0 Å². The van der Waals surface area contributed by atoms with Crippen LogP contribution in [0.15, 0.2) is 0 Å². The lowest BCUT2D eigenvalue weighted by molar-refractivity contribution is -0.125. The number of carbonyl (C=O) groups is 2. The van der Waals surface area contributed by atoms with Gasteiger partial charge in [0.1, 0.15) is 6.29 Å². The molecule has 0 aromatic carbocycles. The van der Waals surface area contributed by atoms with Crippen LogP contribution in [-0.2, 0) is 9.59 Å². The highest BCUT2D eigenvalue weighted by molar-refractivity contribution is 5.84. The van der Waals surface area contributed by atoms with Crippen molar-refractivity contribution in [1.82, 2.24) is 5.32 Å². The summed E-state index contributed by atoms with van der Waals surface area (Å²) < 4.78 is 0. The zero-order chi connectivity index (χ0) is 13.8. The summed E-state index contributed by atoms with van der Waals surface area (Å²) in [5.74, 6) is -0.267. The number of aldehydes is 1. The highest BCUT2D eigenvalue weighted by atomic mass is 16.2. The quantitative estimate of drug-likeness (QED) is 0.287. The molecule has 2 atom stereocenters. The third-order valence-electron chi connectivity index (χ3n) is 2.77. The largest absolute Gasteiger partial charge is 0.345 e. The Morgan fingerprint density at radius 2 is 1.61 bits per heavy atom. The Morgan fingerprint density at radius 3 is 2.11 bits per heavy atom. The highest BCUT2D eigenvalue weighted by Gasteiger charge is 2.16. The summed E-state index contributed by atoms with van der Waals surface area (Å²) in [6.07, 6.45) is 5.31. The first-order valence-corrected chi connectivity index (χ1v) is 6.57. The van der Waals surface area contributed by atoms with Crippen LogP contribution in [0, 0.1) is 0 Å². The lowest BCUT2D eigenvalue weighted by Crippen LogP contribution is -2.46. The SMILES string of the molecule is NCCCC[C@@H](C=O)NC(=O)[C@@H](N)CCCCN. The number of carbonyl (C=O) groups excluding carboxylic acids is 2. The van der Waals surface area contributed by atoms with E-state index in [-0.39, 0.29) is 5.91 Å². The van der Waals surface area contributed by atoms with Gasteiger partial charge >= 0.3 is 0 Å². The Bertz CT molecular complexity index is 236. The van der Waals surface area contributed by atoms with Crippen LogP contribution in [0.3, 0.4) is 0 Å². The van der Waals surface area contributed by atoms with Crippen LogP contribution < -0.4 is 22.5 Å². The molecule has 0 aliphatic heterocycles. The maximum absolute atomic E-state index is 11.7. The summed E-state index contributed by atoms with van der Waals surface area (Å²) in [4.78, 5) is 22.5. The summed E-state index contributed by atoms with van der Waals surface area (Å²) in [6.45, 7) is 1.20. The van der Waals surface area contributed by atoms with E-state index in [1.807, 2.05) is 0 Å². The zero-order valence-corrected chi connectivity index (χ0v) is 10.9. The van der Waals surface area contributed by atoms with E-state index >= 15 is 0 Å². The molecule has 1 amide bonds. The summed E-state index contributed by atoms with van der Waals surface area (Å²) in [5.41, 5.74) is 16.5. The van der Waals surface area contributed by atoms with Gasteiger partial charge in [0.15, 0.2) is 0 Å². The van der Waals surface area contributed by atoms with Crippen molar-refractivity contribution in [3.8, 4) is 0 Å². The van der Waals surface area contributed by atoms with Crippen molar-refractivity contribution >= 4 is 12.2 Å². The number of nitrogens with two attached hydrogens (primary N) is 3. The van der Waals surface area contributed by atoms with Crippen molar-refractivity contribution in [2.75, 3.05) is 13.1 Å². The third-order valence-corrected chi connectivity index (χ3v) is 2.77. The fourth-order valence-corrected chi connectivity index (χ4v) is 1.61. The lowest BCUT2D eigenvalue weighted by atomic mass is 10.1. The average Bonchev–Trinajstić information content (AvgIpc) is 2.37. The van der Waals surface area contributed by atoms with E-state index < -0.39 is 12.1 Å². The molecule has 0 radical (unpaired) electrons. The van der Waals surface area contributed by atoms with E-state index in [9.17, 15) is 9.59 Å². The summed E-state index contributed by atoms with van der Waals surface area (Å²) in [7, 11) is 0. The molecule has 0 aromatic rings. The van der Waals surface area contributed by atoms with Gasteiger partial charge in [-0.2, -0.15) is 0 Å². The van der Waals surface area contributed by atoms with Crippen LogP contribution in [-0.4, -0.2) is 37.4 Å². The van der Waals surface area contributed by atoms with Crippen molar-refractivity contribution in [1.29, 1.82) is 0 Å². The van der Waals surface area contributed by atoms with Crippen LogP contribution in [0.5, 0.6) is 0 Å². The molecule has 0 rings (SSSR count). The van der Waals surface area contributed by atoms with E-state index in [2.05, 4.69) is 5.32 Å². The lowest BCUT2D eigenvalue weighted by Gasteiger charge is -2.16. The molecule has 0 aliphatic carbocycles. The van der Waals surface area contributed by atoms with Gasteiger partial charge in [0.2, 0.25) is 5.91 Å². The minimum Gasteiger partial charge on any atom is -0.345 e. The fourth-order valence-electron chi connectivity index (χ4n) is 1.61. The maximum atomic E-state index is 11.7. The third kappa shape index (κ3) is 8.16. The zero-order valence-electron chi connectivity index (χ0n) is 10.9. The first-order chi connectivity index (χ1) is 8.65. The molecular weight excluding hydrogens is 232 g/mol. The molecule has 7 N–H and O–H groups in total. The molecular formula is C12H26N4O2. The molecule has 0 bridgehead atoms. The molecule has 0 aliphatic rings. The van der Waals surface area contributed by atoms with Crippen molar-refractivity contribution in [2.24, 2.45) is 17.2 Å². The van der Waals surface area contributed by atoms with Gasteiger partial charge in [-0.15, -0.1) is 0 Å². The molecule has 18 heavy (non-hydrogen) atoms. The highest BCUT2D eigenvalue weighted by Crippen LogP contribution is 2.01. The van der Waals surface area contributed by atoms with Crippen LogP contribution in [0.25, 0.3) is 0 Å². The Kier molecular flexibility index (Phi) is 10.5. The molecule has 0 saturated heterocycles. The summed E-state index contributed by atoms with van der Waals surface area (Å²) >= 11 is 0. The smallest absolute Gasteiger partial charge is 0.237 e. The van der Waals surface area contributed by atoms with Crippen LogP contribution in [0.4, 0.5) is 0 Å². The second kappa shape index (κ2) is 11.1. The van der Waals surface area contributed by atoms with Crippen molar-refractivity contribution in [3.63, 3.8) is 0 Å². The monoisotopic (exact) mass is 258 g/mol. The van der Waals surface area contributed by atoms with Crippen molar-refractivity contribution in [3.05, 3.63) is 0 Å².